The molecule has 0 aromatic heterocycles. The van der Waals surface area contributed by atoms with Crippen molar-refractivity contribution in [3.8, 4) is 0 Å². The zero-order valence-electron chi connectivity index (χ0n) is 22.9. The smallest absolute Gasteiger partial charge is 0.321 e. The van der Waals surface area contributed by atoms with Crippen molar-refractivity contribution >= 4 is 11.6 Å². The van der Waals surface area contributed by atoms with Gasteiger partial charge in [-0.05, 0) is 74.7 Å². The largest absolute Gasteiger partial charge is 0.325 e. The minimum Gasteiger partial charge on any atom is -0.325 e. The van der Waals surface area contributed by atoms with Crippen molar-refractivity contribution < 1.29 is 26.7 Å². The van der Waals surface area contributed by atoms with Gasteiger partial charge in [-0.3, -0.25) is 0 Å². The van der Waals surface area contributed by atoms with E-state index in [2.05, 4.69) is 0 Å². The van der Waals surface area contributed by atoms with Crippen LogP contribution in [0.2, 0.25) is 0 Å². The maximum atomic E-state index is 15.0. The molecule has 2 amide bonds. The van der Waals surface area contributed by atoms with Crippen molar-refractivity contribution in [3.63, 3.8) is 0 Å². The highest BCUT2D eigenvalue weighted by Crippen LogP contribution is 2.45. The van der Waals surface area contributed by atoms with Gasteiger partial charge in [0.1, 0.15) is 17.8 Å². The predicted molar refractivity (Wildman–Crippen MR) is 146 cm³/mol. The number of hydrogen-bond acceptors (Lipinski definition) is 3. The number of urea groups is 1. The molecule has 40 heavy (non-hydrogen) atoms. The van der Waals surface area contributed by atoms with Gasteiger partial charge < -0.3 is 20.4 Å². The summed E-state index contributed by atoms with van der Waals surface area (Å²) in [7, 11) is 3.47. The van der Waals surface area contributed by atoms with Crippen LogP contribution in [-0.2, 0) is 5.54 Å². The van der Waals surface area contributed by atoms with Crippen molar-refractivity contribution in [1.29, 1.82) is 0 Å². The summed E-state index contributed by atoms with van der Waals surface area (Å²) >= 11 is 0. The van der Waals surface area contributed by atoms with Crippen LogP contribution < -0.4 is 5.73 Å². The molecule has 3 unspecified atom stereocenters. The van der Waals surface area contributed by atoms with Gasteiger partial charge in [0.15, 0.2) is 0 Å². The van der Waals surface area contributed by atoms with Crippen LogP contribution in [0.4, 0.5) is 26.7 Å². The van der Waals surface area contributed by atoms with Gasteiger partial charge in [0, 0.05) is 38.2 Å². The molecule has 5 nitrogen and oxygen atoms in total. The Morgan fingerprint density at radius 1 is 1.18 bits per heavy atom. The first-order valence-corrected chi connectivity index (χ1v) is 13.6. The maximum absolute atomic E-state index is 15.0. The molecule has 2 aliphatic heterocycles. The molecule has 2 N–H and O–H groups in total. The Morgan fingerprint density at radius 2 is 1.90 bits per heavy atom. The molecule has 218 valence electrons. The van der Waals surface area contributed by atoms with Crippen LogP contribution in [0.1, 0.15) is 43.2 Å². The predicted octanol–water partition coefficient (Wildman–Crippen LogP) is 5.81. The van der Waals surface area contributed by atoms with Crippen LogP contribution in [0.15, 0.2) is 54.6 Å². The van der Waals surface area contributed by atoms with Gasteiger partial charge in [-0.15, -0.1) is 0 Å². The van der Waals surface area contributed by atoms with Gasteiger partial charge in [0.25, 0.3) is 6.43 Å². The molecule has 0 spiro atoms. The van der Waals surface area contributed by atoms with Crippen LogP contribution in [0.5, 0.6) is 0 Å². The number of amides is 2. The highest BCUT2D eigenvalue weighted by Gasteiger charge is 2.46. The van der Waals surface area contributed by atoms with Crippen LogP contribution in [0, 0.1) is 11.6 Å². The zero-order valence-corrected chi connectivity index (χ0v) is 22.9. The Morgan fingerprint density at radius 3 is 2.60 bits per heavy atom. The number of nitrogens with zero attached hydrogens (tertiary/aromatic N) is 3. The monoisotopic (exact) mass is 564 g/mol. The van der Waals surface area contributed by atoms with Gasteiger partial charge in [0.05, 0.1) is 11.6 Å². The quantitative estimate of drug-likeness (QED) is 0.412. The highest BCUT2D eigenvalue weighted by atomic mass is 19.3. The molecule has 2 aromatic rings. The Bertz CT molecular complexity index is 1200. The summed E-state index contributed by atoms with van der Waals surface area (Å²) in [5.41, 5.74) is 5.64. The number of halogens is 5. The number of carbonyl (C=O) groups is 1. The van der Waals surface area contributed by atoms with E-state index in [-0.39, 0.29) is 50.4 Å². The van der Waals surface area contributed by atoms with Crippen molar-refractivity contribution in [2.75, 3.05) is 33.7 Å². The molecule has 0 radical (unpaired) electrons. The summed E-state index contributed by atoms with van der Waals surface area (Å²) in [4.78, 5) is 19.2. The number of likely N-dealkylation sites (tertiary alicyclic amines) is 1. The number of rotatable bonds is 8. The molecule has 0 aliphatic carbocycles. The fraction of sp³-hybridized carbons (Fsp3) is 0.500. The van der Waals surface area contributed by atoms with Crippen molar-refractivity contribution in [1.82, 2.24) is 14.7 Å². The molecule has 10 heteroatoms. The lowest BCUT2D eigenvalue weighted by atomic mass is 9.83. The van der Waals surface area contributed by atoms with E-state index in [1.807, 2.05) is 30.1 Å². The first kappa shape index (κ1) is 30.0. The lowest BCUT2D eigenvalue weighted by molar-refractivity contribution is 0.0954. The van der Waals surface area contributed by atoms with E-state index in [1.54, 1.807) is 30.2 Å². The van der Waals surface area contributed by atoms with Crippen molar-refractivity contribution in [2.45, 2.75) is 62.3 Å². The van der Waals surface area contributed by atoms with E-state index in [4.69, 9.17) is 5.73 Å². The van der Waals surface area contributed by atoms with Crippen molar-refractivity contribution in [3.05, 3.63) is 77.4 Å². The third-order valence-corrected chi connectivity index (χ3v) is 8.15. The average Bonchev–Trinajstić information content (AvgIpc) is 3.22. The van der Waals surface area contributed by atoms with Gasteiger partial charge >= 0.3 is 6.03 Å². The normalized spacial score (nSPS) is 24.6. The summed E-state index contributed by atoms with van der Waals surface area (Å²) in [6, 6.07) is 10.1. The second-order valence-corrected chi connectivity index (χ2v) is 11.0. The summed E-state index contributed by atoms with van der Waals surface area (Å²) < 4.78 is 70.3. The van der Waals surface area contributed by atoms with E-state index in [1.165, 1.54) is 4.90 Å². The minimum atomic E-state index is -2.69. The SMILES string of the molecule is CN1CCC(N(C)C(=O)N2CC(c3cc(F)ccc3F)=C[C@@]2(CCCC(N)C(F)F)c2ccccc2)CC(F)C1. The number of alkyl halides is 3. The van der Waals surface area contributed by atoms with Gasteiger partial charge in [-0.25, -0.2) is 26.7 Å². The Hall–Kier alpha value is -2.98. The Balaban J connectivity index is 1.76. The second kappa shape index (κ2) is 12.7. The first-order chi connectivity index (χ1) is 19.0. The standard InChI is InChI=1S/C30H37F5N4O/c1-37-14-12-24(15-23(32)19-37)38(2)29(40)39-18-20(25-16-22(31)10-11-26(25)33)17-30(39,21-7-4-3-5-8-21)13-6-9-27(36)28(34)35/h3-5,7-8,10-11,16-17,23-24,27-28H,6,9,12-15,18-19,36H2,1-2H3/t23?,24?,27?,30-/m0/s1. The van der Waals surface area contributed by atoms with Crippen LogP contribution in [0.25, 0.3) is 5.57 Å². The molecule has 2 aliphatic rings. The zero-order chi connectivity index (χ0) is 29.0. The topological polar surface area (TPSA) is 52.8 Å². The molecule has 0 bridgehead atoms. The molecule has 1 saturated heterocycles. The van der Waals surface area contributed by atoms with E-state index < -0.39 is 41.8 Å². The number of nitrogens with two attached hydrogens (primary N) is 1. The van der Waals surface area contributed by atoms with Crippen LogP contribution >= 0.6 is 0 Å². The molecule has 2 heterocycles. The summed E-state index contributed by atoms with van der Waals surface area (Å²) in [6.07, 6.45) is -0.779. The molecular weight excluding hydrogens is 527 g/mol. The molecular formula is C30H37F5N4O. The Labute approximate surface area is 232 Å². The summed E-state index contributed by atoms with van der Waals surface area (Å²) in [6.45, 7) is 0.867. The fourth-order valence-corrected chi connectivity index (χ4v) is 5.90. The van der Waals surface area contributed by atoms with Gasteiger partial charge in [-0.1, -0.05) is 30.3 Å². The van der Waals surface area contributed by atoms with E-state index in [0.29, 0.717) is 24.1 Å². The van der Waals surface area contributed by atoms with Crippen molar-refractivity contribution in [2.24, 2.45) is 5.73 Å². The number of carbonyl (C=O) groups excluding carboxylic acids is 1. The van der Waals surface area contributed by atoms with E-state index >= 15 is 0 Å². The summed E-state index contributed by atoms with van der Waals surface area (Å²) in [5.74, 6) is -1.26. The Kier molecular flexibility index (Phi) is 9.51. The highest BCUT2D eigenvalue weighted by molar-refractivity contribution is 5.83. The lowest BCUT2D eigenvalue weighted by Gasteiger charge is -2.42. The molecule has 2 aromatic carbocycles. The first-order valence-electron chi connectivity index (χ1n) is 13.6. The molecule has 0 saturated carbocycles. The number of hydrogen-bond donors (Lipinski definition) is 1. The minimum absolute atomic E-state index is 0.0140. The van der Waals surface area contributed by atoms with Gasteiger partial charge in [0.2, 0.25) is 0 Å². The third-order valence-electron chi connectivity index (χ3n) is 8.15. The summed E-state index contributed by atoms with van der Waals surface area (Å²) in [5, 5.41) is 0. The molecule has 4 atom stereocenters. The van der Waals surface area contributed by atoms with E-state index in [0.717, 1.165) is 18.2 Å². The van der Waals surface area contributed by atoms with Gasteiger partial charge in [-0.2, -0.15) is 0 Å². The maximum Gasteiger partial charge on any atom is 0.321 e. The molecule has 4 rings (SSSR count). The van der Waals surface area contributed by atoms with E-state index in [9.17, 15) is 26.7 Å². The second-order valence-electron chi connectivity index (χ2n) is 11.0. The number of benzene rings is 2. The lowest BCUT2D eigenvalue weighted by Crippen LogP contribution is -2.53. The average molecular weight is 565 g/mol. The van der Waals surface area contributed by atoms with Crippen LogP contribution in [0.3, 0.4) is 0 Å². The molecule has 1 fully saturated rings. The van der Waals surface area contributed by atoms with Crippen LogP contribution in [-0.4, -0.2) is 79.1 Å². The third kappa shape index (κ3) is 6.49. The fourth-order valence-electron chi connectivity index (χ4n) is 5.90.